The number of carbonyl (C=O) groups is 1. The van der Waals surface area contributed by atoms with Crippen molar-refractivity contribution in [2.24, 2.45) is 0 Å². The molecule has 2 fully saturated rings. The zero-order valence-corrected chi connectivity index (χ0v) is 18.2. The highest BCUT2D eigenvalue weighted by atomic mass is 32.2. The van der Waals surface area contributed by atoms with Crippen molar-refractivity contribution in [3.8, 4) is 0 Å². The Morgan fingerprint density at radius 1 is 0.933 bits per heavy atom. The van der Waals surface area contributed by atoms with Gasteiger partial charge in [0.25, 0.3) is 0 Å². The molecule has 1 heterocycles. The summed E-state index contributed by atoms with van der Waals surface area (Å²) in [6.07, 6.45) is 2.25. The summed E-state index contributed by atoms with van der Waals surface area (Å²) < 4.78 is 40.5. The number of hydrogen-bond donors (Lipinski definition) is 0. The first-order valence-corrected chi connectivity index (χ1v) is 11.8. The molecule has 0 N–H and O–H groups in total. The van der Waals surface area contributed by atoms with Gasteiger partial charge in [-0.25, -0.2) is 12.8 Å². The van der Waals surface area contributed by atoms with Crippen LogP contribution in [0.1, 0.15) is 36.0 Å². The van der Waals surface area contributed by atoms with Crippen LogP contribution in [-0.2, 0) is 20.2 Å². The second-order valence-electron chi connectivity index (χ2n) is 8.46. The first-order valence-electron chi connectivity index (χ1n) is 10.4. The van der Waals surface area contributed by atoms with Crippen LogP contribution in [-0.4, -0.2) is 49.7 Å². The predicted molar refractivity (Wildman–Crippen MR) is 113 cm³/mol. The fraction of sp³-hybridized carbons (Fsp3) is 0.435. The minimum absolute atomic E-state index is 0.0811. The molecule has 4 rings (SSSR count). The van der Waals surface area contributed by atoms with Gasteiger partial charge in [-0.2, -0.15) is 4.31 Å². The molecule has 1 aliphatic carbocycles. The second kappa shape index (κ2) is 7.78. The molecule has 1 saturated heterocycles. The van der Waals surface area contributed by atoms with E-state index in [4.69, 9.17) is 0 Å². The van der Waals surface area contributed by atoms with E-state index >= 15 is 0 Å². The van der Waals surface area contributed by atoms with Crippen molar-refractivity contribution in [2.45, 2.75) is 43.4 Å². The molecule has 30 heavy (non-hydrogen) atoms. The second-order valence-corrected chi connectivity index (χ2v) is 10.4. The monoisotopic (exact) mass is 430 g/mol. The minimum atomic E-state index is -3.71. The van der Waals surface area contributed by atoms with Gasteiger partial charge >= 0.3 is 0 Å². The summed E-state index contributed by atoms with van der Waals surface area (Å²) in [6.45, 7) is 5.59. The van der Waals surface area contributed by atoms with Gasteiger partial charge in [-0.1, -0.05) is 29.3 Å². The molecule has 1 saturated carbocycles. The quantitative estimate of drug-likeness (QED) is 0.747. The number of aryl methyl sites for hydroxylation is 2. The van der Waals surface area contributed by atoms with Crippen LogP contribution in [0.5, 0.6) is 0 Å². The van der Waals surface area contributed by atoms with Gasteiger partial charge in [0.1, 0.15) is 5.82 Å². The zero-order chi connectivity index (χ0) is 21.5. The molecule has 2 aromatic carbocycles. The van der Waals surface area contributed by atoms with Gasteiger partial charge in [-0.3, -0.25) is 4.79 Å². The number of benzene rings is 2. The van der Waals surface area contributed by atoms with Gasteiger partial charge in [0, 0.05) is 26.2 Å². The van der Waals surface area contributed by atoms with E-state index in [0.29, 0.717) is 26.1 Å². The lowest BCUT2D eigenvalue weighted by molar-refractivity contribution is -0.133. The summed E-state index contributed by atoms with van der Waals surface area (Å²) in [5.41, 5.74) is 2.92. The zero-order valence-electron chi connectivity index (χ0n) is 17.4. The number of amides is 1. The molecule has 1 aliphatic heterocycles. The lowest BCUT2D eigenvalue weighted by Crippen LogP contribution is -2.42. The third kappa shape index (κ3) is 3.88. The van der Waals surface area contributed by atoms with Crippen molar-refractivity contribution in [2.75, 3.05) is 26.2 Å². The van der Waals surface area contributed by atoms with E-state index in [1.54, 1.807) is 0 Å². The maximum absolute atomic E-state index is 13.4. The Balaban J connectivity index is 1.50. The predicted octanol–water partition coefficient (Wildman–Crippen LogP) is 3.40. The van der Waals surface area contributed by atoms with Crippen LogP contribution in [0.2, 0.25) is 0 Å². The maximum Gasteiger partial charge on any atom is 0.243 e. The molecule has 2 aliphatic rings. The van der Waals surface area contributed by atoms with Gasteiger partial charge in [-0.15, -0.1) is 0 Å². The Hall–Kier alpha value is -2.25. The first-order chi connectivity index (χ1) is 14.2. The van der Waals surface area contributed by atoms with Crippen molar-refractivity contribution >= 4 is 15.9 Å². The molecule has 0 spiro atoms. The molecule has 0 atom stereocenters. The van der Waals surface area contributed by atoms with Crippen molar-refractivity contribution in [1.82, 2.24) is 9.21 Å². The number of halogens is 1. The number of rotatable bonds is 4. The van der Waals surface area contributed by atoms with E-state index in [1.807, 2.05) is 18.7 Å². The van der Waals surface area contributed by atoms with Crippen LogP contribution in [0.15, 0.2) is 47.4 Å². The number of nitrogens with zero attached hydrogens (tertiary/aromatic N) is 2. The third-order valence-corrected chi connectivity index (χ3v) is 8.04. The van der Waals surface area contributed by atoms with Crippen molar-refractivity contribution < 1.29 is 17.6 Å². The molecule has 0 unspecified atom stereocenters. The van der Waals surface area contributed by atoms with E-state index in [-0.39, 0.29) is 17.3 Å². The maximum atomic E-state index is 13.4. The fourth-order valence-corrected chi connectivity index (χ4v) is 5.87. The van der Waals surface area contributed by atoms with Gasteiger partial charge < -0.3 is 4.90 Å². The van der Waals surface area contributed by atoms with E-state index in [9.17, 15) is 17.6 Å². The molecule has 2 aromatic rings. The lowest BCUT2D eigenvalue weighted by Gasteiger charge is -2.27. The van der Waals surface area contributed by atoms with Crippen LogP contribution >= 0.6 is 0 Å². The van der Waals surface area contributed by atoms with Crippen LogP contribution < -0.4 is 0 Å². The summed E-state index contributed by atoms with van der Waals surface area (Å²) in [4.78, 5) is 15.3. The van der Waals surface area contributed by atoms with Gasteiger partial charge in [0.2, 0.25) is 15.9 Å². The van der Waals surface area contributed by atoms with Crippen molar-refractivity contribution in [1.29, 1.82) is 0 Å². The molecule has 0 aromatic heterocycles. The molecule has 1 amide bonds. The highest BCUT2D eigenvalue weighted by molar-refractivity contribution is 7.89. The third-order valence-electron chi connectivity index (χ3n) is 6.13. The SMILES string of the molecule is Cc1cc(C)cc(C2(C(=O)N3CCCN(S(=O)(=O)c4ccc(F)cc4)CC3)CC2)c1. The van der Waals surface area contributed by atoms with Crippen molar-refractivity contribution in [3.63, 3.8) is 0 Å². The first kappa shape index (κ1) is 21.0. The molecular formula is C23H27FN2O3S. The van der Waals surface area contributed by atoms with E-state index < -0.39 is 21.3 Å². The molecule has 7 heteroatoms. The van der Waals surface area contributed by atoms with Crippen LogP contribution in [0.3, 0.4) is 0 Å². The summed E-state index contributed by atoms with van der Waals surface area (Å²) in [5.74, 6) is -0.365. The number of carbonyl (C=O) groups excluding carboxylic acids is 1. The Labute approximate surface area is 177 Å². The van der Waals surface area contributed by atoms with Crippen LogP contribution in [0, 0.1) is 19.7 Å². The summed E-state index contributed by atoms with van der Waals surface area (Å²) in [6, 6.07) is 11.2. The summed E-state index contributed by atoms with van der Waals surface area (Å²) in [5, 5.41) is 0. The van der Waals surface area contributed by atoms with Gasteiger partial charge in [0.05, 0.1) is 10.3 Å². The fourth-order valence-electron chi connectivity index (χ4n) is 4.40. The average Bonchev–Trinajstić information content (AvgIpc) is 3.52. The molecule has 160 valence electrons. The number of sulfonamides is 1. The highest BCUT2D eigenvalue weighted by Crippen LogP contribution is 2.50. The molecular weight excluding hydrogens is 403 g/mol. The van der Waals surface area contributed by atoms with Crippen LogP contribution in [0.4, 0.5) is 4.39 Å². The normalized spacial score (nSPS) is 19.4. The minimum Gasteiger partial charge on any atom is -0.341 e. The lowest BCUT2D eigenvalue weighted by atomic mass is 9.91. The molecule has 5 nitrogen and oxygen atoms in total. The Bertz CT molecular complexity index is 1040. The molecule has 0 bridgehead atoms. The Morgan fingerprint density at radius 3 is 2.17 bits per heavy atom. The van der Waals surface area contributed by atoms with E-state index in [0.717, 1.165) is 41.7 Å². The highest BCUT2D eigenvalue weighted by Gasteiger charge is 2.53. The van der Waals surface area contributed by atoms with E-state index in [2.05, 4.69) is 18.2 Å². The molecule has 0 radical (unpaired) electrons. The topological polar surface area (TPSA) is 57.7 Å². The largest absolute Gasteiger partial charge is 0.341 e. The van der Waals surface area contributed by atoms with Gasteiger partial charge in [0.15, 0.2) is 0 Å². The van der Waals surface area contributed by atoms with Crippen molar-refractivity contribution in [3.05, 3.63) is 65.0 Å². The van der Waals surface area contributed by atoms with Crippen LogP contribution in [0.25, 0.3) is 0 Å². The summed E-state index contributed by atoms with van der Waals surface area (Å²) >= 11 is 0. The Kier molecular flexibility index (Phi) is 5.45. The van der Waals surface area contributed by atoms with Gasteiger partial charge in [-0.05, 0) is 62.9 Å². The Morgan fingerprint density at radius 2 is 1.57 bits per heavy atom. The summed E-state index contributed by atoms with van der Waals surface area (Å²) in [7, 11) is -3.71. The standard InChI is InChI=1S/C23H27FN2O3S/c1-17-14-18(2)16-19(15-17)23(8-9-23)22(27)25-10-3-11-26(13-12-25)30(28,29)21-6-4-20(24)5-7-21/h4-7,14-16H,3,8-13H2,1-2H3. The number of hydrogen-bond acceptors (Lipinski definition) is 3. The van der Waals surface area contributed by atoms with E-state index in [1.165, 1.54) is 16.4 Å². The average molecular weight is 431 g/mol. The smallest absolute Gasteiger partial charge is 0.243 e.